The maximum atomic E-state index is 6.32. The summed E-state index contributed by atoms with van der Waals surface area (Å²) in [5.74, 6) is 4.38. The first-order valence-corrected chi connectivity index (χ1v) is 15.2. The van der Waals surface area contributed by atoms with Crippen LogP contribution in [-0.2, 0) is 4.74 Å². The van der Waals surface area contributed by atoms with Crippen LogP contribution in [0.15, 0.2) is 36.3 Å². The molecule has 0 aromatic heterocycles. The SMILES string of the molecule is C.CC1C=CC(OC2=CCC(CN[C@@H](CN3CCC(C4C=CC(Cl)CC4)C(C)(C)C3)C(C)C)CN2)CC1.O.O.O. The molecule has 1 fully saturated rings. The minimum absolute atomic E-state index is 0. The van der Waals surface area contributed by atoms with Crippen molar-refractivity contribution in [1.82, 2.24) is 15.5 Å². The number of hydrogen-bond donors (Lipinski definition) is 2. The highest BCUT2D eigenvalue weighted by molar-refractivity contribution is 6.21. The number of likely N-dealkylation sites (tertiary alicyclic amines) is 1. The Hall–Kier alpha value is -1.09. The van der Waals surface area contributed by atoms with E-state index < -0.39 is 0 Å². The quantitative estimate of drug-likeness (QED) is 0.303. The molecule has 0 saturated carbocycles. The summed E-state index contributed by atoms with van der Waals surface area (Å²) in [5, 5.41) is 7.75. The fraction of sp³-hybridized carbons (Fsp3) is 0.812. The molecule has 0 amide bonds. The van der Waals surface area contributed by atoms with E-state index in [9.17, 15) is 0 Å². The van der Waals surface area contributed by atoms with Crippen molar-refractivity contribution in [3.63, 3.8) is 0 Å². The van der Waals surface area contributed by atoms with Crippen LogP contribution in [0.5, 0.6) is 0 Å². The van der Waals surface area contributed by atoms with Crippen LogP contribution in [0, 0.1) is 35.0 Å². The highest BCUT2D eigenvalue weighted by Crippen LogP contribution is 2.43. The Balaban J connectivity index is 0.00000380. The Morgan fingerprint density at radius 3 is 2.35 bits per heavy atom. The number of allylic oxidation sites excluding steroid dienone is 4. The number of nitrogens with zero attached hydrogens (tertiary/aromatic N) is 1. The van der Waals surface area contributed by atoms with E-state index in [2.05, 4.69) is 80.5 Å². The topological polar surface area (TPSA) is 131 Å². The van der Waals surface area contributed by atoms with Crippen LogP contribution in [0.2, 0.25) is 0 Å². The highest BCUT2D eigenvalue weighted by atomic mass is 35.5. The van der Waals surface area contributed by atoms with Gasteiger partial charge in [0.05, 0.1) is 5.38 Å². The Morgan fingerprint density at radius 2 is 1.80 bits per heavy atom. The average Bonchev–Trinajstić information content (AvgIpc) is 2.84. The molecule has 0 radical (unpaired) electrons. The molecule has 0 bridgehead atoms. The molecule has 2 aliphatic carbocycles. The van der Waals surface area contributed by atoms with Crippen LogP contribution in [0.1, 0.15) is 80.6 Å². The lowest BCUT2D eigenvalue weighted by molar-refractivity contribution is 0.0217. The van der Waals surface area contributed by atoms with E-state index >= 15 is 0 Å². The summed E-state index contributed by atoms with van der Waals surface area (Å²) in [6, 6.07) is 0.528. The number of hydrogen-bond acceptors (Lipinski definition) is 4. The summed E-state index contributed by atoms with van der Waals surface area (Å²) >= 11 is 6.32. The Bertz CT molecular complexity index is 803. The van der Waals surface area contributed by atoms with Crippen molar-refractivity contribution in [1.29, 1.82) is 0 Å². The first-order valence-electron chi connectivity index (χ1n) is 14.8. The van der Waals surface area contributed by atoms with Gasteiger partial charge in [-0.25, -0.2) is 0 Å². The van der Waals surface area contributed by atoms with Crippen LogP contribution in [0.3, 0.4) is 0 Å². The monoisotopic (exact) mass is 587 g/mol. The molecular weight excluding hydrogens is 526 g/mol. The molecule has 7 nitrogen and oxygen atoms in total. The van der Waals surface area contributed by atoms with Crippen molar-refractivity contribution >= 4 is 11.6 Å². The normalized spacial score (nSPS) is 32.2. The molecule has 2 aliphatic heterocycles. The third-order valence-corrected chi connectivity index (χ3v) is 9.58. The van der Waals surface area contributed by atoms with Crippen molar-refractivity contribution in [2.24, 2.45) is 35.0 Å². The maximum Gasteiger partial charge on any atom is 0.183 e. The Labute approximate surface area is 250 Å². The fourth-order valence-corrected chi connectivity index (χ4v) is 7.01. The van der Waals surface area contributed by atoms with Gasteiger partial charge in [0.1, 0.15) is 6.10 Å². The smallest absolute Gasteiger partial charge is 0.183 e. The van der Waals surface area contributed by atoms with Crippen molar-refractivity contribution in [2.45, 2.75) is 98.1 Å². The molecule has 4 rings (SSSR count). The summed E-state index contributed by atoms with van der Waals surface area (Å²) in [5.41, 5.74) is 0.341. The third kappa shape index (κ3) is 11.0. The van der Waals surface area contributed by atoms with E-state index in [4.69, 9.17) is 16.3 Å². The zero-order valence-corrected chi connectivity index (χ0v) is 25.8. The van der Waals surface area contributed by atoms with E-state index in [0.717, 1.165) is 50.7 Å². The van der Waals surface area contributed by atoms with E-state index in [0.29, 0.717) is 35.1 Å². The summed E-state index contributed by atoms with van der Waals surface area (Å²) in [7, 11) is 0. The zero-order chi connectivity index (χ0) is 25.7. The molecule has 8 heteroatoms. The fourth-order valence-electron chi connectivity index (χ4n) is 6.80. The van der Waals surface area contributed by atoms with Gasteiger partial charge in [0.25, 0.3) is 0 Å². The lowest BCUT2D eigenvalue weighted by Gasteiger charge is -2.48. The minimum Gasteiger partial charge on any atom is -0.472 e. The second-order valence-corrected chi connectivity index (χ2v) is 13.7. The molecule has 4 aliphatic rings. The maximum absolute atomic E-state index is 6.32. The molecule has 40 heavy (non-hydrogen) atoms. The van der Waals surface area contributed by atoms with Gasteiger partial charge >= 0.3 is 0 Å². The average molecular weight is 588 g/mol. The van der Waals surface area contributed by atoms with Crippen molar-refractivity contribution in [2.75, 3.05) is 32.7 Å². The lowest BCUT2D eigenvalue weighted by atomic mass is 9.65. The third-order valence-electron chi connectivity index (χ3n) is 9.22. The summed E-state index contributed by atoms with van der Waals surface area (Å²) in [6.45, 7) is 17.6. The molecule has 1 saturated heterocycles. The van der Waals surface area contributed by atoms with Crippen LogP contribution in [-0.4, -0.2) is 71.6 Å². The van der Waals surface area contributed by atoms with Gasteiger partial charge in [0, 0.05) is 32.2 Å². The van der Waals surface area contributed by atoms with Gasteiger partial charge in [-0.15, -0.1) is 11.6 Å². The molecule has 2 heterocycles. The summed E-state index contributed by atoms with van der Waals surface area (Å²) in [4.78, 5) is 2.73. The zero-order valence-electron chi connectivity index (χ0n) is 25.0. The highest BCUT2D eigenvalue weighted by Gasteiger charge is 2.40. The van der Waals surface area contributed by atoms with Gasteiger partial charge in [-0.3, -0.25) is 0 Å². The van der Waals surface area contributed by atoms with Gasteiger partial charge in [0.2, 0.25) is 0 Å². The summed E-state index contributed by atoms with van der Waals surface area (Å²) < 4.78 is 6.20. The van der Waals surface area contributed by atoms with Crippen molar-refractivity contribution in [3.8, 4) is 0 Å². The first kappa shape index (κ1) is 38.9. The Morgan fingerprint density at radius 1 is 1.05 bits per heavy atom. The predicted molar refractivity (Wildman–Crippen MR) is 171 cm³/mol. The minimum atomic E-state index is 0. The van der Waals surface area contributed by atoms with E-state index in [1.165, 1.54) is 32.4 Å². The number of ether oxygens (including phenoxy) is 1. The van der Waals surface area contributed by atoms with E-state index in [-0.39, 0.29) is 35.3 Å². The van der Waals surface area contributed by atoms with Gasteiger partial charge in [-0.2, -0.15) is 0 Å². The number of alkyl halides is 1. The second kappa shape index (κ2) is 17.8. The number of nitrogens with one attached hydrogen (secondary N) is 2. The number of halogens is 1. The van der Waals surface area contributed by atoms with Crippen LogP contribution in [0.25, 0.3) is 0 Å². The summed E-state index contributed by atoms with van der Waals surface area (Å²) in [6.07, 6.45) is 18.8. The van der Waals surface area contributed by atoms with E-state index in [1.807, 2.05) is 0 Å². The molecular formula is C32H62ClN3O4. The molecule has 236 valence electrons. The Kier molecular flexibility index (Phi) is 17.3. The van der Waals surface area contributed by atoms with Crippen LogP contribution in [0.4, 0.5) is 0 Å². The second-order valence-electron chi connectivity index (χ2n) is 13.2. The van der Waals surface area contributed by atoms with E-state index in [1.54, 1.807) is 0 Å². The van der Waals surface area contributed by atoms with Crippen LogP contribution < -0.4 is 10.6 Å². The van der Waals surface area contributed by atoms with Crippen molar-refractivity contribution in [3.05, 3.63) is 36.3 Å². The molecule has 8 N–H and O–H groups in total. The van der Waals surface area contributed by atoms with Crippen LogP contribution >= 0.6 is 11.6 Å². The lowest BCUT2D eigenvalue weighted by Crippen LogP contribution is -2.53. The van der Waals surface area contributed by atoms with Gasteiger partial charge < -0.3 is 36.7 Å². The molecule has 0 aromatic carbocycles. The van der Waals surface area contributed by atoms with Gasteiger partial charge in [-0.1, -0.05) is 60.3 Å². The van der Waals surface area contributed by atoms with Crippen molar-refractivity contribution < 1.29 is 21.2 Å². The standard InChI is InChI=1S/C31H52ClN3O.CH4.3H2O/c1-22(2)29(20-35-17-16-28(31(4,5)21-35)25-9-11-26(32)12-10-25)33-18-24-8-15-30(34-19-24)36-27-13-6-23(3)7-14-27;;;;/h6,9,11,13,15,22-29,33-34H,7-8,10,12,14,16-21H2,1-5H3;1H4;3*1H2/t23?,24?,25?,26?,27?,28?,29-;;;;/m0..../s1. The first-order chi connectivity index (χ1) is 17.2. The molecule has 7 atom stereocenters. The molecule has 0 spiro atoms. The number of rotatable bonds is 9. The van der Waals surface area contributed by atoms with Gasteiger partial charge in [-0.05, 0) is 92.2 Å². The number of piperidine rings is 1. The molecule has 0 aromatic rings. The molecule has 6 unspecified atom stereocenters. The largest absolute Gasteiger partial charge is 0.472 e. The van der Waals surface area contributed by atoms with Gasteiger partial charge in [0.15, 0.2) is 5.88 Å². The predicted octanol–water partition coefficient (Wildman–Crippen LogP) is 4.51.